The van der Waals surface area contributed by atoms with Crippen molar-refractivity contribution in [2.45, 2.75) is 102 Å². The van der Waals surface area contributed by atoms with Gasteiger partial charge in [0.25, 0.3) is 0 Å². The quantitative estimate of drug-likeness (QED) is 0.0715. The molecular weight excluding hydrogens is 1190 g/mol. The van der Waals surface area contributed by atoms with Gasteiger partial charge in [0.2, 0.25) is 17.6 Å². The van der Waals surface area contributed by atoms with Crippen LogP contribution < -0.4 is 28.9 Å². The molecule has 8 heterocycles. The van der Waals surface area contributed by atoms with Crippen LogP contribution in [0.5, 0.6) is 17.6 Å². The summed E-state index contributed by atoms with van der Waals surface area (Å²) in [4.78, 5) is 47.7. The summed E-state index contributed by atoms with van der Waals surface area (Å²) in [5.74, 6) is 2.69. The van der Waals surface area contributed by atoms with Crippen molar-refractivity contribution in [3.63, 3.8) is 0 Å². The molecule has 498 valence electrons. The van der Waals surface area contributed by atoms with Gasteiger partial charge >= 0.3 is 6.09 Å². The van der Waals surface area contributed by atoms with Crippen molar-refractivity contribution < 1.29 is 33.6 Å². The number of pyridine rings is 5. The van der Waals surface area contributed by atoms with Gasteiger partial charge in [0.1, 0.15) is 35.9 Å². The Labute approximate surface area is 561 Å². The van der Waals surface area contributed by atoms with Crippen molar-refractivity contribution in [3.05, 3.63) is 200 Å². The summed E-state index contributed by atoms with van der Waals surface area (Å²) in [5.41, 5.74) is 13.8. The van der Waals surface area contributed by atoms with Crippen LogP contribution in [0.2, 0.25) is 0 Å². The maximum atomic E-state index is 12.3. The molecule has 3 aromatic carbocycles. The first kappa shape index (κ1) is 68.3. The molecule has 0 atom stereocenters. The van der Waals surface area contributed by atoms with E-state index in [-0.39, 0.29) is 36.3 Å². The summed E-state index contributed by atoms with van der Waals surface area (Å²) < 4.78 is 29.1. The second kappa shape index (κ2) is 33.5. The van der Waals surface area contributed by atoms with Crippen molar-refractivity contribution in [1.82, 2.24) is 39.6 Å². The fraction of sp³-hybridized carbons (Fsp3) is 0.377. The van der Waals surface area contributed by atoms with Crippen molar-refractivity contribution >= 4 is 34.7 Å². The number of aromatic nitrogens is 5. The Morgan fingerprint density at radius 3 is 1.08 bits per heavy atom. The smallest absolute Gasteiger partial charge is 0.410 e. The van der Waals surface area contributed by atoms with Crippen LogP contribution in [0.15, 0.2) is 178 Å². The number of anilines is 3. The molecule has 3 saturated heterocycles. The number of piperidine rings is 3. The van der Waals surface area contributed by atoms with Crippen LogP contribution in [0.3, 0.4) is 0 Å². The first-order valence-corrected chi connectivity index (χ1v) is 33.2. The largest absolute Gasteiger partial charge is 0.508 e. The zero-order valence-electron chi connectivity index (χ0n) is 56.4. The van der Waals surface area contributed by atoms with Crippen LogP contribution in [0.25, 0.3) is 44.9 Å². The molecule has 1 saturated carbocycles. The highest BCUT2D eigenvalue weighted by Crippen LogP contribution is 2.30. The van der Waals surface area contributed by atoms with E-state index in [1.807, 2.05) is 121 Å². The normalized spacial score (nSPS) is 15.7. The lowest BCUT2D eigenvalue weighted by Crippen LogP contribution is -2.43. The Bertz CT molecular complexity index is 3660. The summed E-state index contributed by atoms with van der Waals surface area (Å²) in [6, 6.07) is 45.3. The van der Waals surface area contributed by atoms with E-state index in [2.05, 4.69) is 148 Å². The third-order valence-electron chi connectivity index (χ3n) is 17.9. The van der Waals surface area contributed by atoms with Gasteiger partial charge in [0.15, 0.2) is 0 Å². The highest BCUT2D eigenvalue weighted by atomic mass is 16.6. The molecule has 18 heteroatoms. The monoisotopic (exact) mass is 1280 g/mol. The van der Waals surface area contributed by atoms with E-state index in [1.54, 1.807) is 13.3 Å². The number of benzene rings is 3. The Balaban J connectivity index is 0.000000155. The Morgan fingerprint density at radius 2 is 0.779 bits per heavy atom. The standard InChI is InChI=1S/C27H32N4O2.C26H30N4O2.C24H31N3O3/c1-20(32-4)22-5-9-24(28-17-22)19-31-15-13-26(14-16-31)33-27-12-8-23(18-29-27)21-6-10-25(11-7-21)30(2)3;1-19(31)21-4-8-23(27-16-21)18-30-14-12-25(13-15-30)32-26-11-7-22(17-28-26)20-5-9-24(10-6-20)29(2)3;1-26(2)20-10-7-18(8-11-20)19-9-12-23(25-17-19)29-22-13-15-27(16-14-22)24(28)30-21-5-3-4-6-21/h5-12,17-18,26H,1,13-16,19H2,2-4H3;4-11,16-17,25,31H,1,12-15,18H2,2-3H3;7-12,17,21-22H,3-6,13-16H2,1-2H3. The molecule has 0 spiro atoms. The van der Waals surface area contributed by atoms with Crippen LogP contribution in [0.1, 0.15) is 86.7 Å². The van der Waals surface area contributed by atoms with Crippen molar-refractivity contribution in [3.8, 4) is 51.0 Å². The van der Waals surface area contributed by atoms with Crippen molar-refractivity contribution in [2.24, 2.45) is 0 Å². The van der Waals surface area contributed by atoms with Crippen molar-refractivity contribution in [1.29, 1.82) is 0 Å². The zero-order valence-corrected chi connectivity index (χ0v) is 56.4. The van der Waals surface area contributed by atoms with Gasteiger partial charge in [-0.3, -0.25) is 19.8 Å². The van der Waals surface area contributed by atoms with Gasteiger partial charge in [-0.05, 0) is 147 Å². The van der Waals surface area contributed by atoms with Gasteiger partial charge in [0.05, 0.1) is 18.5 Å². The molecule has 0 radical (unpaired) electrons. The first-order chi connectivity index (χ1) is 46.1. The number of methoxy groups -OCH3 is 1. The number of hydrogen-bond acceptors (Lipinski definition) is 17. The van der Waals surface area contributed by atoms with Gasteiger partial charge in [-0.2, -0.15) is 0 Å². The molecule has 0 unspecified atom stereocenters. The maximum Gasteiger partial charge on any atom is 0.410 e. The number of carbonyl (C=O) groups is 1. The number of aliphatic hydroxyl groups is 1. The van der Waals surface area contributed by atoms with Gasteiger partial charge in [-0.25, -0.2) is 19.7 Å². The van der Waals surface area contributed by atoms with Gasteiger partial charge < -0.3 is 48.4 Å². The van der Waals surface area contributed by atoms with Crippen LogP contribution in [0, 0.1) is 0 Å². The van der Waals surface area contributed by atoms with Gasteiger partial charge in [-0.15, -0.1) is 0 Å². The molecule has 1 N–H and O–H groups in total. The van der Waals surface area contributed by atoms with E-state index in [4.69, 9.17) is 23.7 Å². The molecule has 3 aliphatic heterocycles. The number of nitrogens with zero attached hydrogens (tertiary/aromatic N) is 11. The molecule has 1 amide bonds. The first-order valence-electron chi connectivity index (χ1n) is 33.2. The molecule has 95 heavy (non-hydrogen) atoms. The van der Waals surface area contributed by atoms with Crippen LogP contribution in [-0.2, 0) is 22.6 Å². The highest BCUT2D eigenvalue weighted by molar-refractivity contribution is 5.69. The topological polar surface area (TPSA) is 167 Å². The van der Waals surface area contributed by atoms with E-state index in [0.717, 1.165) is 141 Å². The minimum absolute atomic E-state index is 0.0471. The molecule has 4 aliphatic rings. The summed E-state index contributed by atoms with van der Waals surface area (Å²) in [6.45, 7) is 14.2. The summed E-state index contributed by atoms with van der Waals surface area (Å²) in [7, 11) is 13.9. The molecule has 1 aliphatic carbocycles. The number of rotatable bonds is 20. The molecule has 5 aromatic heterocycles. The van der Waals surface area contributed by atoms with E-state index in [9.17, 15) is 9.90 Å². The third-order valence-corrected chi connectivity index (χ3v) is 17.9. The second-order valence-electron chi connectivity index (χ2n) is 25.4. The molecule has 4 fully saturated rings. The van der Waals surface area contributed by atoms with Crippen LogP contribution >= 0.6 is 0 Å². The summed E-state index contributed by atoms with van der Waals surface area (Å²) >= 11 is 0. The SMILES string of the molecule is C=C(O)c1ccc(CN2CCC(Oc3ccc(-c4ccc(N(C)C)cc4)cn3)CC2)nc1.C=C(OC)c1ccc(CN2CCC(Oc3ccc(-c4ccc(N(C)C)cc4)cn3)CC2)nc1.CN(C)c1ccc(-c2ccc(OC3CCN(C(=O)OC4CCCC4)CC3)nc2)cc1. The molecule has 0 bridgehead atoms. The van der Waals surface area contributed by atoms with Crippen LogP contribution in [-0.4, -0.2) is 164 Å². The highest BCUT2D eigenvalue weighted by Gasteiger charge is 2.29. The Kier molecular flexibility index (Phi) is 24.1. The number of likely N-dealkylation sites (tertiary alicyclic amines) is 3. The maximum absolute atomic E-state index is 12.3. The van der Waals surface area contributed by atoms with Crippen molar-refractivity contribution in [2.75, 3.05) is 103 Å². The lowest BCUT2D eigenvalue weighted by molar-refractivity contribution is 0.0431. The average Bonchev–Trinajstić information content (AvgIpc) is 4.04. The summed E-state index contributed by atoms with van der Waals surface area (Å²) in [5, 5.41) is 9.42. The zero-order chi connectivity index (χ0) is 66.6. The second-order valence-corrected chi connectivity index (χ2v) is 25.4. The lowest BCUT2D eigenvalue weighted by Gasteiger charge is -2.32. The Morgan fingerprint density at radius 1 is 0.432 bits per heavy atom. The van der Waals surface area contributed by atoms with E-state index >= 15 is 0 Å². The predicted octanol–water partition coefficient (Wildman–Crippen LogP) is 14.4. The lowest BCUT2D eigenvalue weighted by atomic mass is 10.1. The Hall–Kier alpha value is -9.52. The number of amides is 1. The fourth-order valence-corrected chi connectivity index (χ4v) is 11.9. The number of aliphatic hydroxyl groups excluding tert-OH is 1. The minimum Gasteiger partial charge on any atom is -0.508 e. The van der Waals surface area contributed by atoms with Gasteiger partial charge in [-0.1, -0.05) is 49.6 Å². The van der Waals surface area contributed by atoms with E-state index in [1.165, 1.54) is 29.9 Å². The third kappa shape index (κ3) is 20.0. The number of ether oxygens (including phenoxy) is 5. The summed E-state index contributed by atoms with van der Waals surface area (Å²) in [6.07, 6.45) is 19.4. The predicted molar refractivity (Wildman–Crippen MR) is 380 cm³/mol. The molecule has 12 rings (SSSR count). The van der Waals surface area contributed by atoms with E-state index in [0.29, 0.717) is 42.1 Å². The fourth-order valence-electron chi connectivity index (χ4n) is 11.9. The van der Waals surface area contributed by atoms with Gasteiger partial charge in [0, 0.05) is 202 Å². The minimum atomic E-state index is -0.164. The van der Waals surface area contributed by atoms with Crippen LogP contribution in [0.4, 0.5) is 21.9 Å². The molecule has 18 nitrogen and oxygen atoms in total. The van der Waals surface area contributed by atoms with E-state index < -0.39 is 0 Å². The molecule has 8 aromatic rings. The number of carbonyl (C=O) groups excluding carboxylic acids is 1. The average molecular weight is 1280 g/mol. The molecular formula is C77H93N11O7. The number of hydrogen-bond donors (Lipinski definition) is 1.